The number of nitrogens with zero attached hydrogens (tertiary/aromatic N) is 5. The van der Waals surface area contributed by atoms with Gasteiger partial charge in [0.25, 0.3) is 0 Å². The van der Waals surface area contributed by atoms with Crippen molar-refractivity contribution in [3.8, 4) is 5.75 Å². The lowest BCUT2D eigenvalue weighted by Crippen LogP contribution is -2.49. The lowest BCUT2D eigenvalue weighted by Gasteiger charge is -2.41. The van der Waals surface area contributed by atoms with Crippen molar-refractivity contribution in [1.82, 2.24) is 14.9 Å². The largest absolute Gasteiger partial charge is 0.494 e. The van der Waals surface area contributed by atoms with Gasteiger partial charge in [0, 0.05) is 56.3 Å². The highest BCUT2D eigenvalue weighted by atomic mass is 35.5. The summed E-state index contributed by atoms with van der Waals surface area (Å²) in [5.41, 5.74) is 2.19. The van der Waals surface area contributed by atoms with Crippen LogP contribution in [0.1, 0.15) is 30.9 Å². The highest BCUT2D eigenvalue weighted by molar-refractivity contribution is 6.31. The van der Waals surface area contributed by atoms with Crippen LogP contribution >= 0.6 is 11.6 Å². The van der Waals surface area contributed by atoms with E-state index in [0.29, 0.717) is 47.8 Å². The van der Waals surface area contributed by atoms with Crippen molar-refractivity contribution in [3.63, 3.8) is 0 Å². The van der Waals surface area contributed by atoms with Gasteiger partial charge in [-0.05, 0) is 31.1 Å². The average Bonchev–Trinajstić information content (AvgIpc) is 3.58. The Hall–Kier alpha value is -4.04. The number of hydrogen-bond donors (Lipinski definition) is 2. The highest BCUT2D eigenvalue weighted by Gasteiger charge is 2.33. The molecular weight excluding hydrogens is 620 g/mol. The maximum Gasteiger partial charge on any atom is 0.247 e. The summed E-state index contributed by atoms with van der Waals surface area (Å²) in [6.45, 7) is 8.99. The molecule has 46 heavy (non-hydrogen) atoms. The van der Waals surface area contributed by atoms with Gasteiger partial charge in [0.05, 0.1) is 50.0 Å². The van der Waals surface area contributed by atoms with Gasteiger partial charge in [0.1, 0.15) is 34.6 Å². The summed E-state index contributed by atoms with van der Waals surface area (Å²) in [5, 5.41) is 7.12. The molecule has 2 N–H and O–H groups in total. The second-order valence-electron chi connectivity index (χ2n) is 11.2. The van der Waals surface area contributed by atoms with Crippen LogP contribution in [-0.4, -0.2) is 79.9 Å². The third-order valence-corrected chi connectivity index (χ3v) is 8.94. The number of ether oxygens (including phenoxy) is 2. The molecular formula is C32H36ClF2N7O4. The zero-order valence-corrected chi connectivity index (χ0v) is 26.2. The molecule has 3 aromatic rings. The predicted octanol–water partition coefficient (Wildman–Crippen LogP) is 5.47. The van der Waals surface area contributed by atoms with Crippen molar-refractivity contribution in [2.24, 2.45) is 0 Å². The summed E-state index contributed by atoms with van der Waals surface area (Å²) in [7, 11) is 1.58. The Kier molecular flexibility index (Phi) is 9.83. The first-order valence-electron chi connectivity index (χ1n) is 15.2. The fraction of sp³-hybridized carbons (Fsp3) is 0.406. The summed E-state index contributed by atoms with van der Waals surface area (Å²) < 4.78 is 40.1. The average molecular weight is 656 g/mol. The smallest absolute Gasteiger partial charge is 0.247 e. The Morgan fingerprint density at radius 2 is 1.85 bits per heavy atom. The number of carbonyl (C=O) groups excluding carboxylic acids is 1. The first kappa shape index (κ1) is 31.9. The summed E-state index contributed by atoms with van der Waals surface area (Å²) in [6.07, 6.45) is 5.01. The van der Waals surface area contributed by atoms with Crippen molar-refractivity contribution < 1.29 is 27.9 Å². The molecule has 0 spiro atoms. The Bertz CT molecular complexity index is 1580. The van der Waals surface area contributed by atoms with Crippen LogP contribution in [0.15, 0.2) is 49.3 Å². The molecule has 0 saturated carbocycles. The summed E-state index contributed by atoms with van der Waals surface area (Å²) in [4.78, 5) is 31.8. The van der Waals surface area contributed by atoms with E-state index in [1.54, 1.807) is 19.2 Å². The zero-order chi connectivity index (χ0) is 32.2. The summed E-state index contributed by atoms with van der Waals surface area (Å²) >= 11 is 5.85. The van der Waals surface area contributed by atoms with E-state index in [4.69, 9.17) is 25.9 Å². The van der Waals surface area contributed by atoms with Crippen LogP contribution in [0.3, 0.4) is 0 Å². The lowest BCUT2D eigenvalue weighted by molar-refractivity contribution is -0.111. The standard InChI is InChI=1S/C32H36ClF2N7O4/c1-3-30(43)39-23-16-24(27(44-2)17-26(23)41-9-6-20(7-10-41)40-11-14-45-15-12-40)38-28-18-29(37-19-36-28)42-25(8-13-46-42)21-4-5-22(34)31(33)32(21)35/h3-5,16-20,25H,1,6-15H2,2H3,(H,39,43)(H,36,37,38)/t25-/m1/s1. The minimum atomic E-state index is -0.834. The molecule has 244 valence electrons. The Balaban J connectivity index is 1.24. The van der Waals surface area contributed by atoms with E-state index in [-0.39, 0.29) is 11.5 Å². The van der Waals surface area contributed by atoms with Crippen molar-refractivity contribution in [2.45, 2.75) is 31.3 Å². The van der Waals surface area contributed by atoms with Crippen LogP contribution in [0.2, 0.25) is 5.02 Å². The molecule has 11 nitrogen and oxygen atoms in total. The Labute approximate surface area is 271 Å². The van der Waals surface area contributed by atoms with Gasteiger partial charge in [-0.25, -0.2) is 23.8 Å². The number of benzene rings is 2. The first-order chi connectivity index (χ1) is 22.4. The molecule has 0 bridgehead atoms. The second-order valence-corrected chi connectivity index (χ2v) is 11.6. The highest BCUT2D eigenvalue weighted by Crippen LogP contribution is 2.41. The molecule has 3 aliphatic heterocycles. The lowest BCUT2D eigenvalue weighted by atomic mass is 10.0. The quantitative estimate of drug-likeness (QED) is 0.228. The van der Waals surface area contributed by atoms with Crippen molar-refractivity contribution in [1.29, 1.82) is 0 Å². The van der Waals surface area contributed by atoms with Crippen molar-refractivity contribution >= 4 is 46.2 Å². The van der Waals surface area contributed by atoms with E-state index in [2.05, 4.69) is 37.0 Å². The number of piperidine rings is 1. The normalized spacial score (nSPS) is 19.3. The Morgan fingerprint density at radius 3 is 2.59 bits per heavy atom. The van der Waals surface area contributed by atoms with Gasteiger partial charge in [-0.15, -0.1) is 0 Å². The molecule has 1 amide bonds. The molecule has 14 heteroatoms. The predicted molar refractivity (Wildman–Crippen MR) is 172 cm³/mol. The number of nitrogens with one attached hydrogen (secondary N) is 2. The monoisotopic (exact) mass is 655 g/mol. The molecule has 0 aliphatic carbocycles. The molecule has 4 heterocycles. The van der Waals surface area contributed by atoms with Crippen LogP contribution in [0.4, 0.5) is 37.5 Å². The number of anilines is 5. The number of hydroxylamine groups is 1. The van der Waals surface area contributed by atoms with Crippen LogP contribution in [0.25, 0.3) is 0 Å². The molecule has 3 saturated heterocycles. The number of amides is 1. The van der Waals surface area contributed by atoms with Crippen LogP contribution in [0.5, 0.6) is 5.75 Å². The SMILES string of the molecule is C=CC(=O)Nc1cc(Nc2cc(N3OCC[C@@H]3c3ccc(F)c(Cl)c3F)ncn2)c(OC)cc1N1CCC(N2CCOCC2)CC1. The minimum absolute atomic E-state index is 0.200. The van der Waals surface area contributed by atoms with Crippen molar-refractivity contribution in [2.75, 3.05) is 73.7 Å². The number of aromatic nitrogens is 2. The van der Waals surface area contributed by atoms with E-state index in [9.17, 15) is 13.6 Å². The van der Waals surface area contributed by atoms with E-state index in [1.807, 2.05) is 6.07 Å². The van der Waals surface area contributed by atoms with Crippen LogP contribution in [-0.2, 0) is 14.4 Å². The molecule has 3 aliphatic rings. The number of methoxy groups -OCH3 is 1. The Morgan fingerprint density at radius 1 is 1.07 bits per heavy atom. The molecule has 1 atom stereocenters. The molecule has 0 radical (unpaired) electrons. The van der Waals surface area contributed by atoms with Gasteiger partial charge in [0.15, 0.2) is 5.82 Å². The fourth-order valence-electron chi connectivity index (χ4n) is 6.25. The molecule has 3 fully saturated rings. The fourth-order valence-corrected chi connectivity index (χ4v) is 6.42. The van der Waals surface area contributed by atoms with E-state index in [0.717, 1.165) is 64.0 Å². The van der Waals surface area contributed by atoms with Gasteiger partial charge in [-0.2, -0.15) is 0 Å². The van der Waals surface area contributed by atoms with Gasteiger partial charge in [0.2, 0.25) is 5.91 Å². The topological polar surface area (TPSA) is 104 Å². The van der Waals surface area contributed by atoms with E-state index < -0.39 is 22.7 Å². The van der Waals surface area contributed by atoms with E-state index in [1.165, 1.54) is 23.5 Å². The van der Waals surface area contributed by atoms with Gasteiger partial charge in [-0.1, -0.05) is 24.2 Å². The minimum Gasteiger partial charge on any atom is -0.494 e. The summed E-state index contributed by atoms with van der Waals surface area (Å²) in [5.74, 6) is -0.702. The number of hydrogen-bond acceptors (Lipinski definition) is 10. The number of carbonyl (C=O) groups is 1. The second kappa shape index (κ2) is 14.2. The maximum atomic E-state index is 14.9. The van der Waals surface area contributed by atoms with Gasteiger partial charge in [-0.3, -0.25) is 14.5 Å². The van der Waals surface area contributed by atoms with Gasteiger partial charge >= 0.3 is 0 Å². The third kappa shape index (κ3) is 6.73. The molecule has 0 unspecified atom stereocenters. The molecule has 1 aromatic heterocycles. The van der Waals surface area contributed by atoms with Crippen LogP contribution in [0, 0.1) is 11.6 Å². The zero-order valence-electron chi connectivity index (χ0n) is 25.5. The molecule has 6 rings (SSSR count). The number of rotatable bonds is 9. The van der Waals surface area contributed by atoms with E-state index >= 15 is 0 Å². The number of morpholine rings is 1. The van der Waals surface area contributed by atoms with Crippen LogP contribution < -0.4 is 25.3 Å². The van der Waals surface area contributed by atoms with Gasteiger partial charge < -0.3 is 25.0 Å². The van der Waals surface area contributed by atoms with Crippen molar-refractivity contribution in [3.05, 3.63) is 71.5 Å². The molecule has 2 aromatic carbocycles. The summed E-state index contributed by atoms with van der Waals surface area (Å²) in [6, 6.07) is 7.76. The maximum absolute atomic E-state index is 14.9. The first-order valence-corrected chi connectivity index (χ1v) is 15.6. The third-order valence-electron chi connectivity index (χ3n) is 8.60. The number of halogens is 3.